The molecule has 0 rings (SSSR count). The standard InChI is InChI=1S/C11H18O2/c1-5-9(12)7-10(8(3)4)11(13)6-2/h7-8H,5-6H2,1-4H3. The van der Waals surface area contributed by atoms with Gasteiger partial charge in [-0.25, -0.2) is 0 Å². The van der Waals surface area contributed by atoms with Crippen LogP contribution in [-0.4, -0.2) is 11.6 Å². The van der Waals surface area contributed by atoms with Crippen LogP contribution in [0.3, 0.4) is 0 Å². The van der Waals surface area contributed by atoms with Crippen molar-refractivity contribution < 1.29 is 9.59 Å². The second-order valence-electron chi connectivity index (χ2n) is 3.35. The molecule has 0 aliphatic heterocycles. The monoisotopic (exact) mass is 182 g/mol. The Morgan fingerprint density at radius 1 is 1.15 bits per heavy atom. The van der Waals surface area contributed by atoms with Crippen LogP contribution in [0.5, 0.6) is 0 Å². The summed E-state index contributed by atoms with van der Waals surface area (Å²) in [5.41, 5.74) is 0.661. The SMILES string of the molecule is CCC(=O)C=C(C(=O)CC)C(C)C. The Kier molecular flexibility index (Phi) is 5.28. The number of Topliss-reactive ketones (excluding diaryl/α,β-unsaturated/α-hetero) is 1. The molecule has 0 heterocycles. The van der Waals surface area contributed by atoms with E-state index in [1.165, 1.54) is 6.08 Å². The molecule has 0 saturated heterocycles. The van der Waals surface area contributed by atoms with Crippen molar-refractivity contribution in [3.63, 3.8) is 0 Å². The molecule has 0 atom stereocenters. The molecule has 0 radical (unpaired) electrons. The summed E-state index contributed by atoms with van der Waals surface area (Å²) in [5.74, 6) is 0.255. The maximum Gasteiger partial charge on any atom is 0.158 e. The fourth-order valence-electron chi connectivity index (χ4n) is 1.05. The normalized spacial score (nSPS) is 11.9. The van der Waals surface area contributed by atoms with Crippen LogP contribution in [0.2, 0.25) is 0 Å². The second kappa shape index (κ2) is 5.68. The summed E-state index contributed by atoms with van der Waals surface area (Å²) in [6.07, 6.45) is 2.44. The molecule has 0 N–H and O–H groups in total. The highest BCUT2D eigenvalue weighted by atomic mass is 16.1. The minimum Gasteiger partial charge on any atom is -0.295 e. The Hall–Kier alpha value is -0.920. The molecule has 0 spiro atoms. The van der Waals surface area contributed by atoms with Crippen LogP contribution in [0, 0.1) is 5.92 Å². The molecule has 0 aliphatic carbocycles. The van der Waals surface area contributed by atoms with Crippen LogP contribution in [0.4, 0.5) is 0 Å². The first-order chi connectivity index (χ1) is 6.02. The maximum absolute atomic E-state index is 11.4. The van der Waals surface area contributed by atoms with Crippen molar-refractivity contribution in [1.29, 1.82) is 0 Å². The van der Waals surface area contributed by atoms with Crippen LogP contribution in [-0.2, 0) is 9.59 Å². The van der Waals surface area contributed by atoms with Crippen molar-refractivity contribution >= 4 is 11.6 Å². The van der Waals surface area contributed by atoms with Crippen molar-refractivity contribution in [3.8, 4) is 0 Å². The summed E-state index contributed by atoms with van der Waals surface area (Å²) in [6, 6.07) is 0. The lowest BCUT2D eigenvalue weighted by Crippen LogP contribution is -2.09. The second-order valence-corrected chi connectivity index (χ2v) is 3.35. The van der Waals surface area contributed by atoms with E-state index in [0.717, 1.165) is 0 Å². The Labute approximate surface area is 80.0 Å². The Balaban J connectivity index is 4.70. The summed E-state index contributed by atoms with van der Waals surface area (Å²) in [6.45, 7) is 7.48. The first kappa shape index (κ1) is 12.1. The largest absolute Gasteiger partial charge is 0.295 e. The topological polar surface area (TPSA) is 34.1 Å². The summed E-state index contributed by atoms with van der Waals surface area (Å²) in [4.78, 5) is 22.5. The van der Waals surface area contributed by atoms with Crippen LogP contribution in [0.25, 0.3) is 0 Å². The fraction of sp³-hybridized carbons (Fsp3) is 0.636. The number of allylic oxidation sites excluding steroid dienone is 2. The van der Waals surface area contributed by atoms with Gasteiger partial charge in [0.05, 0.1) is 0 Å². The number of hydrogen-bond acceptors (Lipinski definition) is 2. The summed E-state index contributed by atoms with van der Waals surface area (Å²) >= 11 is 0. The maximum atomic E-state index is 11.4. The zero-order valence-corrected chi connectivity index (χ0v) is 8.89. The van der Waals surface area contributed by atoms with Gasteiger partial charge in [0.2, 0.25) is 0 Å². The van der Waals surface area contributed by atoms with E-state index in [1.807, 2.05) is 20.8 Å². The third-order valence-corrected chi connectivity index (χ3v) is 1.93. The van der Waals surface area contributed by atoms with Crippen molar-refractivity contribution in [1.82, 2.24) is 0 Å². The molecule has 0 amide bonds. The van der Waals surface area contributed by atoms with Gasteiger partial charge in [-0.3, -0.25) is 9.59 Å². The fourth-order valence-corrected chi connectivity index (χ4v) is 1.05. The number of ketones is 2. The molecule has 0 bridgehead atoms. The lowest BCUT2D eigenvalue weighted by Gasteiger charge is -2.07. The molecule has 13 heavy (non-hydrogen) atoms. The minimum atomic E-state index is 0.0329. The number of carbonyl (C=O) groups is 2. The molecular weight excluding hydrogens is 164 g/mol. The van der Waals surface area contributed by atoms with Crippen LogP contribution < -0.4 is 0 Å². The summed E-state index contributed by atoms with van der Waals surface area (Å²) in [5, 5.41) is 0. The zero-order chi connectivity index (χ0) is 10.4. The van der Waals surface area contributed by atoms with Gasteiger partial charge < -0.3 is 0 Å². The average Bonchev–Trinajstić information content (AvgIpc) is 2.11. The van der Waals surface area contributed by atoms with E-state index in [4.69, 9.17) is 0 Å². The first-order valence-corrected chi connectivity index (χ1v) is 4.80. The molecule has 0 saturated carbocycles. The van der Waals surface area contributed by atoms with E-state index >= 15 is 0 Å². The van der Waals surface area contributed by atoms with Gasteiger partial charge in [-0.2, -0.15) is 0 Å². The van der Waals surface area contributed by atoms with E-state index < -0.39 is 0 Å². The van der Waals surface area contributed by atoms with Crippen molar-refractivity contribution in [2.75, 3.05) is 0 Å². The van der Waals surface area contributed by atoms with Gasteiger partial charge in [0.25, 0.3) is 0 Å². The van der Waals surface area contributed by atoms with Gasteiger partial charge in [0, 0.05) is 18.4 Å². The molecular formula is C11H18O2. The first-order valence-electron chi connectivity index (χ1n) is 4.80. The van der Waals surface area contributed by atoms with E-state index in [1.54, 1.807) is 6.92 Å². The molecule has 0 unspecified atom stereocenters. The predicted molar refractivity (Wildman–Crippen MR) is 53.5 cm³/mol. The third-order valence-electron chi connectivity index (χ3n) is 1.93. The minimum absolute atomic E-state index is 0.0329. The van der Waals surface area contributed by atoms with Crippen molar-refractivity contribution in [3.05, 3.63) is 11.6 Å². The lowest BCUT2D eigenvalue weighted by molar-refractivity contribution is -0.117. The van der Waals surface area contributed by atoms with Gasteiger partial charge in [-0.1, -0.05) is 27.7 Å². The van der Waals surface area contributed by atoms with Gasteiger partial charge in [0.15, 0.2) is 11.6 Å². The molecule has 0 fully saturated rings. The highest BCUT2D eigenvalue weighted by molar-refractivity contribution is 6.02. The van der Waals surface area contributed by atoms with Crippen LogP contribution in [0.1, 0.15) is 40.5 Å². The molecule has 74 valence electrons. The zero-order valence-electron chi connectivity index (χ0n) is 8.89. The summed E-state index contributed by atoms with van der Waals surface area (Å²) < 4.78 is 0. The number of rotatable bonds is 5. The average molecular weight is 182 g/mol. The van der Waals surface area contributed by atoms with E-state index in [2.05, 4.69) is 0 Å². The molecule has 0 aromatic rings. The Morgan fingerprint density at radius 3 is 2.00 bits per heavy atom. The molecule has 0 aromatic carbocycles. The quantitative estimate of drug-likeness (QED) is 0.612. The van der Waals surface area contributed by atoms with Gasteiger partial charge in [0.1, 0.15) is 0 Å². The highest BCUT2D eigenvalue weighted by Crippen LogP contribution is 2.12. The van der Waals surface area contributed by atoms with Crippen molar-refractivity contribution in [2.45, 2.75) is 40.5 Å². The lowest BCUT2D eigenvalue weighted by atomic mass is 9.96. The molecule has 0 aromatic heterocycles. The number of carbonyl (C=O) groups excluding carboxylic acids is 2. The molecule has 2 heteroatoms. The Morgan fingerprint density at radius 2 is 1.69 bits per heavy atom. The number of hydrogen-bond donors (Lipinski definition) is 0. The summed E-state index contributed by atoms with van der Waals surface area (Å²) in [7, 11) is 0. The van der Waals surface area contributed by atoms with Gasteiger partial charge in [-0.05, 0) is 12.0 Å². The predicted octanol–water partition coefficient (Wildman–Crippen LogP) is 2.53. The smallest absolute Gasteiger partial charge is 0.158 e. The van der Waals surface area contributed by atoms with Crippen LogP contribution >= 0.6 is 0 Å². The van der Waals surface area contributed by atoms with E-state index in [0.29, 0.717) is 18.4 Å². The van der Waals surface area contributed by atoms with E-state index in [9.17, 15) is 9.59 Å². The van der Waals surface area contributed by atoms with Crippen LogP contribution in [0.15, 0.2) is 11.6 Å². The van der Waals surface area contributed by atoms with Gasteiger partial charge in [-0.15, -0.1) is 0 Å². The van der Waals surface area contributed by atoms with Gasteiger partial charge >= 0.3 is 0 Å². The molecule has 0 aliphatic rings. The van der Waals surface area contributed by atoms with Crippen molar-refractivity contribution in [2.24, 2.45) is 5.92 Å². The molecule has 2 nitrogen and oxygen atoms in total. The van der Waals surface area contributed by atoms with E-state index in [-0.39, 0.29) is 17.5 Å². The highest BCUT2D eigenvalue weighted by Gasteiger charge is 2.12. The third kappa shape index (κ3) is 4.02. The Bertz CT molecular complexity index is 224.